The van der Waals surface area contributed by atoms with Gasteiger partial charge in [-0.05, 0) is 20.3 Å². The van der Waals surface area contributed by atoms with Crippen molar-refractivity contribution < 1.29 is 14.3 Å². The maximum Gasteiger partial charge on any atom is 0.376 e. The molecule has 16 heavy (non-hydrogen) atoms. The molecular formula is C10H15N3O3. The average molecular weight is 225 g/mol. The number of carbonyl (C=O) groups is 1. The number of hydrogen-bond donors (Lipinski definition) is 0. The number of ether oxygens (including phenoxy) is 2. The van der Waals surface area contributed by atoms with E-state index in [1.165, 1.54) is 0 Å². The summed E-state index contributed by atoms with van der Waals surface area (Å²) < 4.78 is 12.1. The van der Waals surface area contributed by atoms with E-state index in [0.717, 1.165) is 12.2 Å². The Labute approximate surface area is 93.6 Å². The third kappa shape index (κ3) is 1.92. The van der Waals surface area contributed by atoms with Gasteiger partial charge in [0.25, 0.3) is 0 Å². The lowest BCUT2D eigenvalue weighted by Crippen LogP contribution is -2.19. The van der Waals surface area contributed by atoms with Crippen molar-refractivity contribution in [3.8, 4) is 0 Å². The molecule has 0 spiro atoms. The minimum absolute atomic E-state index is 0.148. The molecular weight excluding hydrogens is 210 g/mol. The van der Waals surface area contributed by atoms with Crippen LogP contribution in [0.3, 0.4) is 0 Å². The lowest BCUT2D eigenvalue weighted by atomic mass is 10.2. The molecule has 0 N–H and O–H groups in total. The molecule has 0 aliphatic carbocycles. The van der Waals surface area contributed by atoms with Gasteiger partial charge in [0.15, 0.2) is 0 Å². The number of rotatable bonds is 3. The zero-order valence-corrected chi connectivity index (χ0v) is 9.47. The predicted molar refractivity (Wildman–Crippen MR) is 55.2 cm³/mol. The van der Waals surface area contributed by atoms with Gasteiger partial charge in [-0.15, -0.1) is 10.2 Å². The smallest absolute Gasteiger partial charge is 0.376 e. The van der Waals surface area contributed by atoms with Crippen LogP contribution < -0.4 is 0 Å². The average Bonchev–Trinajstić information content (AvgIpc) is 2.86. The highest BCUT2D eigenvalue weighted by molar-refractivity contribution is 5.85. The van der Waals surface area contributed by atoms with Gasteiger partial charge in [-0.3, -0.25) is 0 Å². The second-order valence-electron chi connectivity index (χ2n) is 3.68. The number of carbonyl (C=O) groups excluding carboxylic acids is 1. The first-order chi connectivity index (χ1) is 7.74. The Hall–Kier alpha value is -1.43. The monoisotopic (exact) mass is 225 g/mol. The van der Waals surface area contributed by atoms with Crippen LogP contribution >= 0.6 is 0 Å². The van der Waals surface area contributed by atoms with E-state index in [1.54, 1.807) is 6.92 Å². The first-order valence-electron chi connectivity index (χ1n) is 5.40. The lowest BCUT2D eigenvalue weighted by Gasteiger charge is -2.13. The van der Waals surface area contributed by atoms with E-state index >= 15 is 0 Å². The van der Waals surface area contributed by atoms with Crippen molar-refractivity contribution in [3.63, 3.8) is 0 Å². The second kappa shape index (κ2) is 4.61. The van der Waals surface area contributed by atoms with Gasteiger partial charge in [0.2, 0.25) is 5.82 Å². The van der Waals surface area contributed by atoms with Crippen molar-refractivity contribution in [1.29, 1.82) is 0 Å². The summed E-state index contributed by atoms with van der Waals surface area (Å²) in [7, 11) is 0. The van der Waals surface area contributed by atoms with Crippen molar-refractivity contribution >= 4 is 5.97 Å². The fourth-order valence-corrected chi connectivity index (χ4v) is 1.87. The van der Waals surface area contributed by atoms with Crippen molar-refractivity contribution in [2.24, 2.45) is 0 Å². The van der Waals surface area contributed by atoms with Gasteiger partial charge in [0, 0.05) is 6.61 Å². The Bertz CT molecular complexity index is 383. The lowest BCUT2D eigenvalue weighted by molar-refractivity contribution is 0.0502. The molecule has 0 amide bonds. The molecule has 1 saturated heterocycles. The van der Waals surface area contributed by atoms with Crippen molar-refractivity contribution in [2.75, 3.05) is 19.8 Å². The van der Waals surface area contributed by atoms with Crippen LogP contribution in [0.1, 0.15) is 35.8 Å². The van der Waals surface area contributed by atoms with Crippen LogP contribution in [0, 0.1) is 6.92 Å². The van der Waals surface area contributed by atoms with E-state index in [9.17, 15) is 4.79 Å². The van der Waals surface area contributed by atoms with Gasteiger partial charge in [-0.2, -0.15) is 0 Å². The molecule has 88 valence electrons. The number of aryl methyl sites for hydroxylation is 1. The van der Waals surface area contributed by atoms with E-state index < -0.39 is 5.97 Å². The molecule has 0 aromatic carbocycles. The highest BCUT2D eigenvalue weighted by Crippen LogP contribution is 2.21. The fraction of sp³-hybridized carbons (Fsp3) is 0.700. The quantitative estimate of drug-likeness (QED) is 0.709. The number of esters is 1. The summed E-state index contributed by atoms with van der Waals surface area (Å²) in [5.41, 5.74) is 0. The molecule has 1 aliphatic heterocycles. The van der Waals surface area contributed by atoms with Gasteiger partial charge in [-0.1, -0.05) is 0 Å². The van der Waals surface area contributed by atoms with Crippen LogP contribution in [-0.4, -0.2) is 40.6 Å². The molecule has 1 unspecified atom stereocenters. The van der Waals surface area contributed by atoms with Crippen molar-refractivity contribution in [2.45, 2.75) is 26.3 Å². The van der Waals surface area contributed by atoms with E-state index in [2.05, 4.69) is 10.2 Å². The molecule has 0 bridgehead atoms. The molecule has 0 radical (unpaired) electrons. The van der Waals surface area contributed by atoms with Crippen molar-refractivity contribution in [3.05, 3.63) is 11.6 Å². The summed E-state index contributed by atoms with van der Waals surface area (Å²) in [6.07, 6.45) is 0.880. The molecule has 1 aromatic rings. The van der Waals surface area contributed by atoms with Crippen LogP contribution in [0.25, 0.3) is 0 Å². The number of nitrogens with zero attached hydrogens (tertiary/aromatic N) is 3. The minimum atomic E-state index is -0.421. The van der Waals surface area contributed by atoms with Gasteiger partial charge < -0.3 is 14.0 Å². The van der Waals surface area contributed by atoms with Gasteiger partial charge in [-0.25, -0.2) is 4.79 Å². The van der Waals surface area contributed by atoms with E-state index in [0.29, 0.717) is 19.8 Å². The van der Waals surface area contributed by atoms with E-state index in [4.69, 9.17) is 9.47 Å². The fourth-order valence-electron chi connectivity index (χ4n) is 1.87. The third-order valence-electron chi connectivity index (χ3n) is 2.60. The van der Waals surface area contributed by atoms with Crippen LogP contribution in [-0.2, 0) is 9.47 Å². The molecule has 1 aromatic heterocycles. The third-order valence-corrected chi connectivity index (χ3v) is 2.60. The predicted octanol–water partition coefficient (Wildman–Crippen LogP) is 0.725. The second-order valence-corrected chi connectivity index (χ2v) is 3.68. The number of aromatic nitrogens is 3. The SMILES string of the molecule is CCOC(=O)c1nnc(C)n1C1CCOC1. The highest BCUT2D eigenvalue weighted by Gasteiger charge is 2.26. The summed E-state index contributed by atoms with van der Waals surface area (Å²) in [5, 5.41) is 7.78. The summed E-state index contributed by atoms with van der Waals surface area (Å²) >= 11 is 0. The Morgan fingerprint density at radius 1 is 1.62 bits per heavy atom. The molecule has 6 heteroatoms. The molecule has 2 heterocycles. The zero-order valence-electron chi connectivity index (χ0n) is 9.47. The Morgan fingerprint density at radius 3 is 3.06 bits per heavy atom. The van der Waals surface area contributed by atoms with Crippen LogP contribution in [0.15, 0.2) is 0 Å². The van der Waals surface area contributed by atoms with E-state index in [-0.39, 0.29) is 11.9 Å². The van der Waals surface area contributed by atoms with Crippen LogP contribution in [0.2, 0.25) is 0 Å². The Balaban J connectivity index is 2.27. The summed E-state index contributed by atoms with van der Waals surface area (Å²) in [6, 6.07) is 0.148. The summed E-state index contributed by atoms with van der Waals surface area (Å²) in [5.74, 6) is 0.573. The molecule has 0 saturated carbocycles. The normalized spacial score (nSPS) is 20.0. The largest absolute Gasteiger partial charge is 0.460 e. The van der Waals surface area contributed by atoms with Crippen LogP contribution in [0.5, 0.6) is 0 Å². The van der Waals surface area contributed by atoms with Gasteiger partial charge >= 0.3 is 5.97 Å². The number of hydrogen-bond acceptors (Lipinski definition) is 5. The topological polar surface area (TPSA) is 66.2 Å². The first kappa shape index (κ1) is 11.1. The zero-order chi connectivity index (χ0) is 11.5. The molecule has 6 nitrogen and oxygen atoms in total. The maximum atomic E-state index is 11.6. The molecule has 1 fully saturated rings. The van der Waals surface area contributed by atoms with Gasteiger partial charge in [0.1, 0.15) is 5.82 Å². The van der Waals surface area contributed by atoms with E-state index in [1.807, 2.05) is 11.5 Å². The molecule has 1 atom stereocenters. The highest BCUT2D eigenvalue weighted by atomic mass is 16.5. The molecule has 1 aliphatic rings. The summed E-state index contributed by atoms with van der Waals surface area (Å²) in [4.78, 5) is 11.6. The maximum absolute atomic E-state index is 11.6. The summed E-state index contributed by atoms with van der Waals surface area (Å²) in [6.45, 7) is 5.25. The standard InChI is InChI=1S/C10H15N3O3/c1-3-16-10(14)9-12-11-7(2)13(9)8-4-5-15-6-8/h8H,3-6H2,1-2H3. The Kier molecular flexibility index (Phi) is 3.19. The Morgan fingerprint density at radius 2 is 2.44 bits per heavy atom. The first-order valence-corrected chi connectivity index (χ1v) is 5.40. The van der Waals surface area contributed by atoms with Crippen LogP contribution in [0.4, 0.5) is 0 Å². The van der Waals surface area contributed by atoms with Crippen molar-refractivity contribution in [1.82, 2.24) is 14.8 Å². The minimum Gasteiger partial charge on any atom is -0.460 e. The molecule has 2 rings (SSSR count). The van der Waals surface area contributed by atoms with Gasteiger partial charge in [0.05, 0.1) is 19.3 Å².